The minimum atomic E-state index is -1.37. The molecule has 0 N–H and O–H groups in total. The third-order valence-corrected chi connectivity index (χ3v) is 8.60. The van der Waals surface area contributed by atoms with E-state index in [1.54, 1.807) is 14.0 Å². The summed E-state index contributed by atoms with van der Waals surface area (Å²) >= 11 is 0. The number of carbonyl (C=O) groups is 1. The maximum atomic E-state index is 14.7. The zero-order chi connectivity index (χ0) is 34.0. The van der Waals surface area contributed by atoms with Gasteiger partial charge < -0.3 is 18.9 Å². The predicted molar refractivity (Wildman–Crippen MR) is 159 cm³/mol. The lowest BCUT2D eigenvalue weighted by Crippen LogP contribution is -2.48. The van der Waals surface area contributed by atoms with E-state index in [1.165, 1.54) is 30.9 Å². The zero-order valence-corrected chi connectivity index (χ0v) is 26.4. The van der Waals surface area contributed by atoms with Gasteiger partial charge in [-0.3, -0.25) is 9.69 Å². The summed E-state index contributed by atoms with van der Waals surface area (Å²) < 4.78 is 75.0. The van der Waals surface area contributed by atoms with Crippen molar-refractivity contribution in [1.29, 1.82) is 5.26 Å². The molecule has 250 valence electrons. The second-order valence-electron chi connectivity index (χ2n) is 12.4. The smallest absolute Gasteiger partial charge is 0.282 e. The van der Waals surface area contributed by atoms with E-state index in [0.717, 1.165) is 12.1 Å². The molecule has 3 aromatic rings. The number of ether oxygens (including phenoxy) is 2. The molecule has 5 atom stereocenters. The Morgan fingerprint density at radius 2 is 1.89 bits per heavy atom. The molecule has 2 fully saturated rings. The van der Waals surface area contributed by atoms with Gasteiger partial charge in [0, 0.05) is 43.6 Å². The van der Waals surface area contributed by atoms with Gasteiger partial charge in [0.15, 0.2) is 5.83 Å². The number of likely N-dealkylation sites (tertiary alicyclic amines) is 2. The van der Waals surface area contributed by atoms with Crippen LogP contribution in [0.25, 0.3) is 11.6 Å². The van der Waals surface area contributed by atoms with Crippen molar-refractivity contribution in [2.45, 2.75) is 82.3 Å². The molecule has 0 aliphatic carbocycles. The number of nitrogens with zero attached hydrogens (tertiary/aromatic N) is 7. The van der Waals surface area contributed by atoms with E-state index in [0.29, 0.717) is 6.42 Å². The minimum absolute atomic E-state index is 0.0430. The first kappa shape index (κ1) is 33.8. The highest BCUT2D eigenvalue weighted by atomic mass is 19.1. The average Bonchev–Trinajstić information content (AvgIpc) is 3.64. The van der Waals surface area contributed by atoms with E-state index < -0.39 is 53.2 Å². The van der Waals surface area contributed by atoms with E-state index in [-0.39, 0.29) is 73.3 Å². The average molecular weight is 658 g/mol. The highest BCUT2D eigenvalue weighted by Crippen LogP contribution is 2.35. The van der Waals surface area contributed by atoms with Crippen LogP contribution >= 0.6 is 0 Å². The lowest BCUT2D eigenvalue weighted by molar-refractivity contribution is -0.133. The third kappa shape index (κ3) is 7.22. The highest BCUT2D eigenvalue weighted by Gasteiger charge is 2.38. The number of piperidine rings is 1. The molecule has 5 rings (SSSR count). The Morgan fingerprint density at radius 1 is 1.19 bits per heavy atom. The zero-order valence-electron chi connectivity index (χ0n) is 26.4. The molecule has 0 radical (unpaired) electrons. The van der Waals surface area contributed by atoms with Crippen molar-refractivity contribution in [3.05, 3.63) is 59.8 Å². The summed E-state index contributed by atoms with van der Waals surface area (Å²) in [6, 6.07) is 6.13. The largest absolute Gasteiger partial charge is 0.474 e. The molecule has 2 aliphatic heterocycles. The lowest BCUT2D eigenvalue weighted by atomic mass is 9.83. The first-order chi connectivity index (χ1) is 22.3. The van der Waals surface area contributed by atoms with Gasteiger partial charge >= 0.3 is 0 Å². The Labute approximate surface area is 269 Å². The fourth-order valence-corrected chi connectivity index (χ4v) is 6.19. The molecule has 1 aromatic carbocycles. The molecule has 2 aromatic heterocycles. The van der Waals surface area contributed by atoms with E-state index in [9.17, 15) is 27.6 Å². The second-order valence-corrected chi connectivity index (χ2v) is 12.4. The van der Waals surface area contributed by atoms with Crippen LogP contribution in [-0.2, 0) is 10.2 Å². The summed E-state index contributed by atoms with van der Waals surface area (Å²) in [7, 11) is 1.80. The molecule has 0 spiro atoms. The molecule has 2 aliphatic rings. The molecule has 47 heavy (non-hydrogen) atoms. The number of carbonyl (C=O) groups excluding carboxylic acids is 1. The molecule has 1 amide bonds. The van der Waals surface area contributed by atoms with Crippen LogP contribution in [0.3, 0.4) is 0 Å². The van der Waals surface area contributed by atoms with E-state index in [2.05, 4.69) is 26.7 Å². The van der Waals surface area contributed by atoms with Gasteiger partial charge in [-0.1, -0.05) is 17.8 Å². The topological polar surface area (TPSA) is 130 Å². The van der Waals surface area contributed by atoms with Crippen molar-refractivity contribution in [2.24, 2.45) is 0 Å². The number of hydrogen-bond acceptors (Lipinski definition) is 10. The van der Waals surface area contributed by atoms with Crippen LogP contribution in [0, 0.1) is 23.0 Å². The van der Waals surface area contributed by atoms with Gasteiger partial charge in [0.05, 0.1) is 24.0 Å². The SMILES string of the molecule is C=C(F)C(=O)N1CC[C@H](Oc2cc(O[C@@H](C)[C@@H]3C[C@H](F)CN3C)nc(-c3noc(C(C)(C)c4c(F)cccc4F)n3)n2)C[C@H]1CC#N. The first-order valence-corrected chi connectivity index (χ1v) is 15.2. The van der Waals surface area contributed by atoms with Crippen LogP contribution in [0.15, 0.2) is 41.2 Å². The van der Waals surface area contributed by atoms with E-state index in [4.69, 9.17) is 14.0 Å². The quantitative estimate of drug-likeness (QED) is 0.215. The number of hydrogen-bond donors (Lipinski definition) is 0. The lowest BCUT2D eigenvalue weighted by Gasteiger charge is -2.38. The summed E-state index contributed by atoms with van der Waals surface area (Å²) in [5, 5.41) is 13.3. The van der Waals surface area contributed by atoms with Gasteiger partial charge in [-0.25, -0.2) is 17.6 Å². The van der Waals surface area contributed by atoms with Gasteiger partial charge in [0.2, 0.25) is 29.3 Å². The number of halogens is 4. The summed E-state index contributed by atoms with van der Waals surface area (Å²) in [5.74, 6) is -3.74. The normalized spacial score (nSPS) is 22.5. The summed E-state index contributed by atoms with van der Waals surface area (Å²) in [6.45, 7) is 8.32. The summed E-state index contributed by atoms with van der Waals surface area (Å²) in [4.78, 5) is 28.7. The number of nitriles is 1. The minimum Gasteiger partial charge on any atom is -0.474 e. The van der Waals surface area contributed by atoms with Crippen LogP contribution in [0.4, 0.5) is 17.6 Å². The summed E-state index contributed by atoms with van der Waals surface area (Å²) in [6.07, 6.45) is -1.29. The second kappa shape index (κ2) is 13.6. The van der Waals surface area contributed by atoms with Crippen molar-refractivity contribution in [1.82, 2.24) is 29.9 Å². The molecular weight excluding hydrogens is 622 g/mol. The standard InChI is InChI=1S/C32H35F4N7O4/c1-17(33)30(44)43-12-10-21(14-20(43)9-11-37)46-26-15-25(45-18(2)24-13-19(34)16-42(24)5)38-28(39-26)29-40-31(47-41-29)32(3,4)27-22(35)7-6-8-23(27)36/h6-8,15,18-21,24H,1,9-10,12-14,16H2,2-5H3/t18-,19-,20+,21-,24-/m0/s1. The molecule has 2 saturated heterocycles. The molecule has 4 heterocycles. The van der Waals surface area contributed by atoms with Gasteiger partial charge in [0.1, 0.15) is 30.0 Å². The van der Waals surface area contributed by atoms with Crippen molar-refractivity contribution >= 4 is 5.91 Å². The fraction of sp³-hybridized carbons (Fsp3) is 0.500. The van der Waals surface area contributed by atoms with Gasteiger partial charge in [-0.05, 0) is 46.4 Å². The Bertz CT molecular complexity index is 1660. The number of rotatable bonds is 10. The molecule has 15 heteroatoms. The maximum absolute atomic E-state index is 14.7. The van der Waals surface area contributed by atoms with Crippen LogP contribution in [-0.4, -0.2) is 86.4 Å². The van der Waals surface area contributed by atoms with Crippen molar-refractivity contribution in [2.75, 3.05) is 20.1 Å². The maximum Gasteiger partial charge on any atom is 0.282 e. The molecule has 11 nitrogen and oxygen atoms in total. The first-order valence-electron chi connectivity index (χ1n) is 15.2. The Hall–Kier alpha value is -4.58. The number of likely N-dealkylation sites (N-methyl/N-ethyl adjacent to an activating group) is 1. The van der Waals surface area contributed by atoms with E-state index in [1.807, 2.05) is 11.0 Å². The summed E-state index contributed by atoms with van der Waals surface area (Å²) in [5.41, 5.74) is -1.63. The fourth-order valence-electron chi connectivity index (χ4n) is 6.19. The number of alkyl halides is 1. The van der Waals surface area contributed by atoms with Crippen molar-refractivity contribution in [3.63, 3.8) is 0 Å². The molecule has 0 saturated carbocycles. The number of aromatic nitrogens is 4. The molecular formula is C32H35F4N7O4. The van der Waals surface area contributed by atoms with Crippen LogP contribution < -0.4 is 9.47 Å². The predicted octanol–water partition coefficient (Wildman–Crippen LogP) is 5.08. The number of benzene rings is 1. The van der Waals surface area contributed by atoms with Crippen LogP contribution in [0.5, 0.6) is 11.8 Å². The van der Waals surface area contributed by atoms with Crippen LogP contribution in [0.2, 0.25) is 0 Å². The van der Waals surface area contributed by atoms with Gasteiger partial charge in [0.25, 0.3) is 5.91 Å². The van der Waals surface area contributed by atoms with Gasteiger partial charge in [-0.2, -0.15) is 20.2 Å². The molecule has 0 unspecified atom stereocenters. The van der Waals surface area contributed by atoms with Crippen molar-refractivity contribution in [3.8, 4) is 29.5 Å². The van der Waals surface area contributed by atoms with E-state index >= 15 is 0 Å². The van der Waals surface area contributed by atoms with Crippen LogP contribution in [0.1, 0.15) is 57.9 Å². The Balaban J connectivity index is 1.45. The highest BCUT2D eigenvalue weighted by molar-refractivity contribution is 5.90. The van der Waals surface area contributed by atoms with Gasteiger partial charge in [-0.15, -0.1) is 0 Å². The third-order valence-electron chi connectivity index (χ3n) is 8.60. The van der Waals surface area contributed by atoms with Crippen molar-refractivity contribution < 1.29 is 36.4 Å². The monoisotopic (exact) mass is 657 g/mol. The Morgan fingerprint density at radius 3 is 2.53 bits per heavy atom. The molecule has 0 bridgehead atoms. The number of amides is 1. The Kier molecular flexibility index (Phi) is 9.81.